The number of ether oxygens (including phenoxy) is 1. The van der Waals surface area contributed by atoms with Crippen LogP contribution >= 0.6 is 6.92 Å². The molecule has 154 valence electrons. The summed E-state index contributed by atoms with van der Waals surface area (Å²) in [4.78, 5) is 26.2. The summed E-state index contributed by atoms with van der Waals surface area (Å²) < 4.78 is 19.8. The van der Waals surface area contributed by atoms with Crippen molar-refractivity contribution in [1.82, 2.24) is 9.55 Å². The second kappa shape index (κ2) is 8.43. The van der Waals surface area contributed by atoms with Gasteiger partial charge in [-0.25, -0.2) is 4.79 Å². The second-order valence-corrected chi connectivity index (χ2v) is 16.3. The van der Waals surface area contributed by atoms with Crippen LogP contribution in [0.25, 0.3) is 0 Å². The Balaban J connectivity index is 2.21. The van der Waals surface area contributed by atoms with E-state index in [4.69, 9.17) is 25.5 Å². The van der Waals surface area contributed by atoms with Gasteiger partial charge in [0.1, 0.15) is 12.3 Å². The highest BCUT2D eigenvalue weighted by Crippen LogP contribution is 2.39. The first kappa shape index (κ1) is 22.7. The summed E-state index contributed by atoms with van der Waals surface area (Å²) in [5, 5.41) is 0.0893. The molecule has 4 atom stereocenters. The van der Waals surface area contributed by atoms with Gasteiger partial charge in [-0.3, -0.25) is 14.3 Å². The van der Waals surface area contributed by atoms with E-state index >= 15 is 0 Å². The summed E-state index contributed by atoms with van der Waals surface area (Å²) in [6, 6.07) is 0. The number of aromatic amines is 1. The summed E-state index contributed by atoms with van der Waals surface area (Å²) in [5.74, 6) is 0. The van der Waals surface area contributed by atoms with Crippen LogP contribution in [0, 0.1) is 6.92 Å². The van der Waals surface area contributed by atoms with Crippen LogP contribution in [0.1, 0.15) is 39.0 Å². The van der Waals surface area contributed by atoms with Crippen molar-refractivity contribution in [2.75, 3.05) is 13.3 Å². The number of rotatable bonds is 6. The predicted molar refractivity (Wildman–Crippen MR) is 114 cm³/mol. The lowest BCUT2D eigenvalue weighted by Gasteiger charge is -2.37. The zero-order chi connectivity index (χ0) is 20.6. The monoisotopic (exact) mass is 434 g/mol. The highest BCUT2D eigenvalue weighted by Gasteiger charge is 2.42. The average Bonchev–Trinajstić information content (AvgIpc) is 2.89. The first-order valence-electron chi connectivity index (χ1n) is 9.10. The number of nitrogens with zero attached hydrogens (tertiary/aromatic N) is 1. The van der Waals surface area contributed by atoms with Gasteiger partial charge in [0, 0.05) is 18.2 Å². The maximum atomic E-state index is 12.2. The Morgan fingerprint density at radius 3 is 2.59 bits per heavy atom. The Morgan fingerprint density at radius 1 is 1.41 bits per heavy atom. The van der Waals surface area contributed by atoms with Crippen LogP contribution in [0.15, 0.2) is 15.8 Å². The Hall–Kier alpha value is -0.573. The first-order chi connectivity index (χ1) is 12.3. The van der Waals surface area contributed by atoms with Crippen LogP contribution in [-0.4, -0.2) is 43.3 Å². The molecule has 0 saturated carbocycles. The molecule has 1 aromatic heterocycles. The lowest BCUT2D eigenvalue weighted by molar-refractivity contribution is -0.0380. The first-order valence-corrected chi connectivity index (χ1v) is 15.1. The van der Waals surface area contributed by atoms with Crippen molar-refractivity contribution in [1.29, 1.82) is 0 Å². The van der Waals surface area contributed by atoms with Gasteiger partial charge in [-0.15, -0.1) is 0 Å². The third kappa shape index (κ3) is 5.49. The molecule has 27 heavy (non-hydrogen) atoms. The molecule has 1 saturated heterocycles. The van der Waals surface area contributed by atoms with Gasteiger partial charge in [0.25, 0.3) is 5.56 Å². The van der Waals surface area contributed by atoms with Crippen LogP contribution in [-0.2, 0) is 25.5 Å². The molecule has 1 aromatic rings. The molecular formula is C17H31N2O5PSSi. The van der Waals surface area contributed by atoms with Crippen molar-refractivity contribution in [3.63, 3.8) is 0 Å². The largest absolute Gasteiger partial charge is 0.414 e. The number of aryl methyl sites for hydroxylation is 1. The summed E-state index contributed by atoms with van der Waals surface area (Å²) >= 11 is 5.28. The van der Waals surface area contributed by atoms with Gasteiger partial charge in [0.2, 0.25) is 0 Å². The minimum atomic E-state index is -1.94. The standard InChI is InChI=1S/C17H31N2O5PSSi/c1-11-9-19(16(21)18-15(11)20)14-8-12(24-25(5)26)13(23-14)10-22-27(6,7)17(2,3)4/h9,12-14,25H,8,10H2,1-7H3,(H,18,20,21)/t12-,13+,14+/m0/s1. The Labute approximate surface area is 167 Å². The third-order valence-electron chi connectivity index (χ3n) is 5.37. The van der Waals surface area contributed by atoms with Crippen LogP contribution in [0.2, 0.25) is 18.1 Å². The highest BCUT2D eigenvalue weighted by atomic mass is 32.4. The molecule has 1 fully saturated rings. The Morgan fingerprint density at radius 2 is 2.04 bits per heavy atom. The predicted octanol–water partition coefficient (Wildman–Crippen LogP) is 2.76. The number of hydrogen-bond donors (Lipinski definition) is 1. The van der Waals surface area contributed by atoms with Crippen molar-refractivity contribution >= 4 is 27.0 Å². The van der Waals surface area contributed by atoms with Gasteiger partial charge in [-0.2, -0.15) is 0 Å². The zero-order valence-electron chi connectivity index (χ0n) is 17.1. The van der Waals surface area contributed by atoms with E-state index in [1.165, 1.54) is 10.8 Å². The summed E-state index contributed by atoms with van der Waals surface area (Å²) in [6.07, 6.45) is 0.991. The van der Waals surface area contributed by atoms with E-state index in [0.29, 0.717) is 18.6 Å². The number of nitrogens with one attached hydrogen (secondary N) is 1. The molecule has 0 amide bonds. The normalized spacial score (nSPS) is 24.9. The molecule has 0 bridgehead atoms. The van der Waals surface area contributed by atoms with Crippen LogP contribution in [0.5, 0.6) is 0 Å². The van der Waals surface area contributed by atoms with Gasteiger partial charge in [-0.1, -0.05) is 32.6 Å². The number of aromatic nitrogens is 2. The van der Waals surface area contributed by atoms with E-state index in [1.807, 2.05) is 6.66 Å². The van der Waals surface area contributed by atoms with Crippen LogP contribution in [0.3, 0.4) is 0 Å². The fourth-order valence-corrected chi connectivity index (χ4v) is 4.72. The second-order valence-electron chi connectivity index (χ2n) is 8.56. The van der Waals surface area contributed by atoms with Crippen molar-refractivity contribution in [3.05, 3.63) is 32.6 Å². The van der Waals surface area contributed by atoms with Crippen LogP contribution < -0.4 is 11.2 Å². The van der Waals surface area contributed by atoms with Gasteiger partial charge in [0.05, 0.1) is 19.6 Å². The molecule has 10 heteroatoms. The van der Waals surface area contributed by atoms with Gasteiger partial charge < -0.3 is 13.7 Å². The molecule has 7 nitrogen and oxygen atoms in total. The maximum absolute atomic E-state index is 12.2. The van der Waals surface area contributed by atoms with Crippen molar-refractivity contribution in [2.45, 2.75) is 70.7 Å². The summed E-state index contributed by atoms with van der Waals surface area (Å²) in [7, 11) is -1.94. The maximum Gasteiger partial charge on any atom is 0.330 e. The number of H-pyrrole nitrogens is 1. The minimum Gasteiger partial charge on any atom is -0.414 e. The molecule has 0 aliphatic carbocycles. The molecular weight excluding hydrogens is 403 g/mol. The average molecular weight is 435 g/mol. The third-order valence-corrected chi connectivity index (χ3v) is 10.8. The van der Waals surface area contributed by atoms with Gasteiger partial charge in [0.15, 0.2) is 8.32 Å². The zero-order valence-corrected chi connectivity index (χ0v) is 19.9. The van der Waals surface area contributed by atoms with Gasteiger partial charge >= 0.3 is 5.69 Å². The Kier molecular flexibility index (Phi) is 7.09. The fourth-order valence-electron chi connectivity index (χ4n) is 2.67. The molecule has 1 N–H and O–H groups in total. The summed E-state index contributed by atoms with van der Waals surface area (Å²) in [6.45, 7) is 13.5. The fraction of sp³-hybridized carbons (Fsp3) is 0.765. The summed E-state index contributed by atoms with van der Waals surface area (Å²) in [5.41, 5.74) is -0.412. The molecule has 2 rings (SSSR count). The van der Waals surface area contributed by atoms with E-state index in [0.717, 1.165) is 0 Å². The molecule has 0 spiro atoms. The van der Waals surface area contributed by atoms with Crippen molar-refractivity contribution < 1.29 is 13.7 Å². The quantitative estimate of drug-likeness (QED) is 0.548. The molecule has 0 radical (unpaired) electrons. The van der Waals surface area contributed by atoms with Crippen molar-refractivity contribution in [3.8, 4) is 0 Å². The lowest BCUT2D eigenvalue weighted by atomic mass is 10.2. The topological polar surface area (TPSA) is 82.6 Å². The van der Waals surface area contributed by atoms with Crippen molar-refractivity contribution in [2.24, 2.45) is 0 Å². The van der Waals surface area contributed by atoms with E-state index in [1.54, 1.807) is 6.92 Å². The highest BCUT2D eigenvalue weighted by molar-refractivity contribution is 8.02. The van der Waals surface area contributed by atoms with E-state index in [9.17, 15) is 9.59 Å². The van der Waals surface area contributed by atoms with E-state index < -0.39 is 27.2 Å². The molecule has 1 aliphatic heterocycles. The minimum absolute atomic E-state index is 0.0893. The molecule has 1 unspecified atom stereocenters. The molecule has 1 aliphatic rings. The van der Waals surface area contributed by atoms with E-state index in [2.05, 4.69) is 38.8 Å². The van der Waals surface area contributed by atoms with Crippen LogP contribution in [0.4, 0.5) is 0 Å². The SMILES string of the molecule is Cc1cn([C@H]2C[C@H](O[PH](C)=S)[C@@H](CO[Si](C)(C)C(C)(C)C)O2)c(=O)[nH]c1=O. The van der Waals surface area contributed by atoms with Gasteiger partial charge in [-0.05, 0) is 31.7 Å². The smallest absolute Gasteiger partial charge is 0.330 e. The molecule has 0 aromatic carbocycles. The number of hydrogen-bond acceptors (Lipinski definition) is 6. The molecule has 2 heterocycles. The lowest BCUT2D eigenvalue weighted by Crippen LogP contribution is -2.44. The Bertz CT molecular complexity index is 817. The van der Waals surface area contributed by atoms with E-state index in [-0.39, 0.29) is 22.8 Å².